The topological polar surface area (TPSA) is 24.6 Å². The summed E-state index contributed by atoms with van der Waals surface area (Å²) in [6, 6.07) is 135. The second-order valence-electron chi connectivity index (χ2n) is 26.6. The van der Waals surface area contributed by atoms with Gasteiger partial charge in [0.15, 0.2) is 0 Å². The van der Waals surface area contributed by atoms with Gasteiger partial charge in [-0.05, 0) is 176 Å². The summed E-state index contributed by atoms with van der Waals surface area (Å²) >= 11 is 0. The highest BCUT2D eigenvalue weighted by Gasteiger charge is 2.25. The lowest BCUT2D eigenvalue weighted by atomic mass is 9.94. The van der Waals surface area contributed by atoms with Crippen LogP contribution in [0.1, 0.15) is 0 Å². The van der Waals surface area contributed by atoms with Crippen molar-refractivity contribution in [1.82, 2.24) is 22.8 Å². The molecule has 0 N–H and O–H groups in total. The van der Waals surface area contributed by atoms with Crippen LogP contribution in [-0.4, -0.2) is 22.8 Å². The summed E-state index contributed by atoms with van der Waals surface area (Å²) in [4.78, 5) is 0. The first-order chi connectivity index (χ1) is 50.2. The van der Waals surface area contributed by atoms with Crippen LogP contribution >= 0.6 is 0 Å². The van der Waals surface area contributed by atoms with Gasteiger partial charge in [0, 0.05) is 82.3 Å². The van der Waals surface area contributed by atoms with Crippen LogP contribution in [0.2, 0.25) is 0 Å². The highest BCUT2D eigenvalue weighted by atomic mass is 15.0. The summed E-state index contributed by atoms with van der Waals surface area (Å²) in [5, 5.41) is 20.3. The second-order valence-corrected chi connectivity index (χ2v) is 26.6. The quantitative estimate of drug-likeness (QED) is 0.142. The van der Waals surface area contributed by atoms with E-state index in [9.17, 15) is 0 Å². The molecule has 5 nitrogen and oxygen atoms in total. The lowest BCUT2D eigenvalue weighted by Crippen LogP contribution is -1.95. The van der Waals surface area contributed by atoms with E-state index in [0.29, 0.717) is 0 Å². The zero-order chi connectivity index (χ0) is 66.2. The molecule has 0 radical (unpaired) electrons. The summed E-state index contributed by atoms with van der Waals surface area (Å²) in [7, 11) is 0. The van der Waals surface area contributed by atoms with E-state index in [4.69, 9.17) is 0 Å². The molecule has 17 aromatic carbocycles. The normalized spacial score (nSPS) is 12.0. The lowest BCUT2D eigenvalue weighted by Gasteiger charge is -2.14. The van der Waals surface area contributed by atoms with E-state index in [1.54, 1.807) is 0 Å². The molecule has 470 valence electrons. The molecule has 5 heterocycles. The first-order valence-corrected chi connectivity index (χ1v) is 34.8. The van der Waals surface area contributed by atoms with Crippen molar-refractivity contribution in [3.05, 3.63) is 370 Å². The molecule has 0 bridgehead atoms. The Morgan fingerprint density at radius 3 is 0.703 bits per heavy atom. The number of aromatic nitrogens is 5. The molecule has 0 unspecified atom stereocenters. The van der Waals surface area contributed by atoms with Gasteiger partial charge in [0.2, 0.25) is 0 Å². The fourth-order valence-corrected chi connectivity index (χ4v) is 17.2. The third-order valence-electron chi connectivity index (χ3n) is 21.3. The van der Waals surface area contributed by atoms with Crippen LogP contribution in [0.4, 0.5) is 0 Å². The number of hydrogen-bond acceptors (Lipinski definition) is 0. The molecule has 0 aliphatic carbocycles. The molecule has 0 aliphatic rings. The SMILES string of the molecule is c1ccc(-n2c3ccccc3c3c(-c4cccc5c4c4ccccc4n5-c4ccc5c6ccccc6c6ccccc6c5c4)cccc32)cc1.c1ccc(-n2c3ccccc3c3cc(-n4c5ccccc5c5c(-c6cccc7c6c6ccccc6n7-c6ccccc6)cccc54)ccc32)cc1. The number of fused-ring (bicyclic) bond motifs is 21. The maximum absolute atomic E-state index is 2.46. The monoisotopic (exact) mass is 1280 g/mol. The minimum atomic E-state index is 1.15. The predicted molar refractivity (Wildman–Crippen MR) is 428 cm³/mol. The first kappa shape index (κ1) is 56.7. The van der Waals surface area contributed by atoms with Crippen LogP contribution in [0.25, 0.3) is 192 Å². The molecule has 0 aliphatic heterocycles. The molecule has 101 heavy (non-hydrogen) atoms. The van der Waals surface area contributed by atoms with Crippen molar-refractivity contribution >= 4 is 141 Å². The van der Waals surface area contributed by atoms with Gasteiger partial charge in [-0.3, -0.25) is 0 Å². The average Bonchev–Trinajstić information content (AvgIpc) is 1.56. The summed E-state index contributed by atoms with van der Waals surface area (Å²) < 4.78 is 12.1. The smallest absolute Gasteiger partial charge is 0.0547 e. The summed E-state index contributed by atoms with van der Waals surface area (Å²) in [5.74, 6) is 0. The predicted octanol–water partition coefficient (Wildman–Crippen LogP) is 25.7. The summed E-state index contributed by atoms with van der Waals surface area (Å²) in [6.07, 6.45) is 0. The highest BCUT2D eigenvalue weighted by molar-refractivity contribution is 6.27. The van der Waals surface area contributed by atoms with Gasteiger partial charge >= 0.3 is 0 Å². The molecule has 5 heteroatoms. The third-order valence-corrected chi connectivity index (χ3v) is 21.3. The average molecular weight is 1280 g/mol. The molecule has 22 aromatic rings. The van der Waals surface area contributed by atoms with E-state index < -0.39 is 0 Å². The van der Waals surface area contributed by atoms with Gasteiger partial charge in [-0.25, -0.2) is 0 Å². The largest absolute Gasteiger partial charge is 0.309 e. The molecule has 0 amide bonds. The van der Waals surface area contributed by atoms with E-state index in [2.05, 4.69) is 393 Å². The fourth-order valence-electron chi connectivity index (χ4n) is 17.2. The van der Waals surface area contributed by atoms with Crippen LogP contribution in [0.3, 0.4) is 0 Å². The van der Waals surface area contributed by atoms with E-state index >= 15 is 0 Å². The van der Waals surface area contributed by atoms with Crippen molar-refractivity contribution in [3.8, 4) is 50.7 Å². The lowest BCUT2D eigenvalue weighted by molar-refractivity contribution is 1.17. The van der Waals surface area contributed by atoms with Crippen LogP contribution in [0.15, 0.2) is 370 Å². The maximum atomic E-state index is 2.46. The number of para-hydroxylation sites is 8. The summed E-state index contributed by atoms with van der Waals surface area (Å²) in [6.45, 7) is 0. The van der Waals surface area contributed by atoms with Crippen molar-refractivity contribution in [2.75, 3.05) is 0 Å². The number of benzene rings is 17. The van der Waals surface area contributed by atoms with Gasteiger partial charge in [0.1, 0.15) is 0 Å². The number of nitrogens with zero attached hydrogens (tertiary/aromatic N) is 5. The molecule has 22 rings (SSSR count). The highest BCUT2D eigenvalue weighted by Crippen LogP contribution is 2.48. The van der Waals surface area contributed by atoms with Crippen molar-refractivity contribution in [2.45, 2.75) is 0 Å². The first-order valence-electron chi connectivity index (χ1n) is 34.8. The molecule has 0 saturated carbocycles. The van der Waals surface area contributed by atoms with E-state index in [0.717, 1.165) is 5.69 Å². The zero-order valence-corrected chi connectivity index (χ0v) is 55.0. The third kappa shape index (κ3) is 8.51. The fraction of sp³-hybridized carbons (Fsp3) is 0. The Bertz CT molecular complexity index is 7090. The Morgan fingerprint density at radius 2 is 0.347 bits per heavy atom. The molecule has 0 atom stereocenters. The van der Waals surface area contributed by atoms with Crippen LogP contribution < -0.4 is 0 Å². The Hall–Kier alpha value is -13.5. The van der Waals surface area contributed by atoms with Crippen molar-refractivity contribution in [3.63, 3.8) is 0 Å². The Morgan fingerprint density at radius 1 is 0.119 bits per heavy atom. The second kappa shape index (κ2) is 22.5. The Kier molecular flexibility index (Phi) is 12.7. The maximum Gasteiger partial charge on any atom is 0.0547 e. The van der Waals surface area contributed by atoms with Gasteiger partial charge in [0.05, 0.1) is 55.2 Å². The van der Waals surface area contributed by atoms with Crippen LogP contribution in [0, 0.1) is 0 Å². The molecule has 0 spiro atoms. The number of hydrogen-bond donors (Lipinski definition) is 0. The Labute approximate surface area is 581 Å². The van der Waals surface area contributed by atoms with Gasteiger partial charge < -0.3 is 22.8 Å². The van der Waals surface area contributed by atoms with Crippen molar-refractivity contribution in [1.29, 1.82) is 0 Å². The van der Waals surface area contributed by atoms with Gasteiger partial charge in [-0.2, -0.15) is 0 Å². The van der Waals surface area contributed by atoms with Crippen LogP contribution in [-0.2, 0) is 0 Å². The molecular weight excluding hydrogens is 1220 g/mol. The molecule has 0 saturated heterocycles. The molecular formula is C96H61N5. The summed E-state index contributed by atoms with van der Waals surface area (Å²) in [5.41, 5.74) is 22.9. The minimum absolute atomic E-state index is 1.15. The minimum Gasteiger partial charge on any atom is -0.309 e. The van der Waals surface area contributed by atoms with E-state index in [1.807, 2.05) is 0 Å². The van der Waals surface area contributed by atoms with Crippen LogP contribution in [0.5, 0.6) is 0 Å². The zero-order valence-electron chi connectivity index (χ0n) is 55.0. The van der Waals surface area contributed by atoms with Gasteiger partial charge in [0.25, 0.3) is 0 Å². The van der Waals surface area contributed by atoms with Gasteiger partial charge in [-0.15, -0.1) is 0 Å². The standard InChI is InChI=1S/C48H31N3.C48H30N2/c1-3-15-32(16-4-1)49-41-24-10-7-19-35(41)40-31-34(29-30-44(40)49)51-43-26-12-9-21-39(43)48-37(23-14-28-46(48)51)36-22-13-27-45-47(36)38-20-8-11-25-42(38)50(45)33-17-5-2-6-18-33;1-2-14-31(15-3-1)49-43-24-10-8-20-40(43)47-38(22-12-26-45(47)49)39-23-13-27-46-48(39)41-21-9-11-25-44(41)50(46)32-28-29-37-35-18-5-4-16-33(35)34-17-6-7-19-36(34)42(37)30-32/h1-31H;1-30H. The molecule has 0 fully saturated rings. The van der Waals surface area contributed by atoms with Crippen molar-refractivity contribution in [2.24, 2.45) is 0 Å². The van der Waals surface area contributed by atoms with Gasteiger partial charge in [-0.1, -0.05) is 249 Å². The van der Waals surface area contributed by atoms with E-state index in [1.165, 1.54) is 186 Å². The van der Waals surface area contributed by atoms with Crippen molar-refractivity contribution < 1.29 is 0 Å². The number of rotatable bonds is 7. The molecule has 5 aromatic heterocycles. The van der Waals surface area contributed by atoms with E-state index in [-0.39, 0.29) is 0 Å². The Balaban J connectivity index is 0.000000132.